The van der Waals surface area contributed by atoms with Crippen molar-refractivity contribution < 1.29 is 9.53 Å². The number of pyridine rings is 1. The predicted octanol–water partition coefficient (Wildman–Crippen LogP) is 3.85. The second-order valence-corrected chi connectivity index (χ2v) is 6.91. The van der Waals surface area contributed by atoms with E-state index in [2.05, 4.69) is 21.4 Å². The number of fused-ring (bicyclic) bond motifs is 1. The number of benzene rings is 1. The lowest BCUT2D eigenvalue weighted by atomic mass is 9.97. The summed E-state index contributed by atoms with van der Waals surface area (Å²) in [6.45, 7) is 5.82. The first-order chi connectivity index (χ1) is 12.5. The number of imidazole rings is 1. The number of carbonyl (C=O) groups excluding carboxylic acids is 1. The topological polar surface area (TPSA) is 69.0 Å². The number of nitrogens with zero attached hydrogens (tertiary/aromatic N) is 3. The van der Waals surface area contributed by atoms with E-state index in [0.717, 1.165) is 16.8 Å². The van der Waals surface area contributed by atoms with Gasteiger partial charge in [0.25, 0.3) is 0 Å². The average molecular weight is 348 g/mol. The summed E-state index contributed by atoms with van der Waals surface area (Å²) in [6.07, 6.45) is 7.13. The van der Waals surface area contributed by atoms with Crippen molar-refractivity contribution in [1.29, 1.82) is 0 Å². The van der Waals surface area contributed by atoms with Gasteiger partial charge in [-0.1, -0.05) is 12.1 Å². The first-order valence-corrected chi connectivity index (χ1v) is 8.53. The monoisotopic (exact) mass is 348 g/mol. The Kier molecular flexibility index (Phi) is 3.76. The minimum atomic E-state index is -0.629. The van der Waals surface area contributed by atoms with Gasteiger partial charge < -0.3 is 14.6 Å². The van der Waals surface area contributed by atoms with Crippen molar-refractivity contribution in [2.45, 2.75) is 32.4 Å². The quantitative estimate of drug-likeness (QED) is 0.725. The predicted molar refractivity (Wildman–Crippen MR) is 98.3 cm³/mol. The van der Waals surface area contributed by atoms with Crippen LogP contribution in [-0.4, -0.2) is 20.5 Å². The normalized spacial score (nSPS) is 16.0. The average Bonchev–Trinajstić information content (AvgIpc) is 3.23. The standard InChI is InChI=1S/C20H20N4O2/c1-13(14-5-4-6-15(11-14)24-10-9-21-12-24)23-18-17-16(7-8-22-18)20(2,3)26-19(17)25/h4-13H,1-3H3,(H,22,23). The number of carbonyl (C=O) groups is 1. The van der Waals surface area contributed by atoms with Gasteiger partial charge in [-0.15, -0.1) is 0 Å². The van der Waals surface area contributed by atoms with Crippen LogP contribution in [-0.2, 0) is 10.3 Å². The third-order valence-corrected chi connectivity index (χ3v) is 4.68. The van der Waals surface area contributed by atoms with E-state index in [9.17, 15) is 4.79 Å². The van der Waals surface area contributed by atoms with Crippen molar-refractivity contribution in [3.05, 3.63) is 71.9 Å². The zero-order valence-electron chi connectivity index (χ0n) is 14.9. The number of hydrogen-bond acceptors (Lipinski definition) is 5. The second-order valence-electron chi connectivity index (χ2n) is 6.91. The van der Waals surface area contributed by atoms with Crippen LogP contribution in [0.2, 0.25) is 0 Å². The number of ether oxygens (including phenoxy) is 1. The smallest absolute Gasteiger partial charge is 0.343 e. The molecule has 1 aliphatic heterocycles. The van der Waals surface area contributed by atoms with E-state index >= 15 is 0 Å². The van der Waals surface area contributed by atoms with Gasteiger partial charge in [-0.2, -0.15) is 0 Å². The maximum Gasteiger partial charge on any atom is 0.343 e. The maximum atomic E-state index is 12.3. The zero-order valence-corrected chi connectivity index (χ0v) is 14.9. The first kappa shape index (κ1) is 16.3. The molecule has 26 heavy (non-hydrogen) atoms. The number of hydrogen-bond donors (Lipinski definition) is 1. The molecule has 0 spiro atoms. The molecule has 1 aromatic carbocycles. The van der Waals surface area contributed by atoms with Gasteiger partial charge in [0.2, 0.25) is 0 Å². The van der Waals surface area contributed by atoms with Gasteiger partial charge in [0.05, 0.1) is 12.4 Å². The number of aromatic nitrogens is 3. The molecule has 0 saturated heterocycles. The van der Waals surface area contributed by atoms with Crippen molar-refractivity contribution in [2.75, 3.05) is 5.32 Å². The van der Waals surface area contributed by atoms with E-state index in [1.54, 1.807) is 18.7 Å². The lowest BCUT2D eigenvalue weighted by molar-refractivity contribution is 0.00958. The second kappa shape index (κ2) is 5.98. The number of nitrogens with one attached hydrogen (secondary N) is 1. The molecule has 1 atom stereocenters. The molecule has 3 heterocycles. The highest BCUT2D eigenvalue weighted by Gasteiger charge is 2.40. The van der Waals surface area contributed by atoms with Crippen LogP contribution < -0.4 is 5.32 Å². The number of esters is 1. The molecule has 1 unspecified atom stereocenters. The largest absolute Gasteiger partial charge is 0.451 e. The van der Waals surface area contributed by atoms with Gasteiger partial charge in [0.15, 0.2) is 0 Å². The van der Waals surface area contributed by atoms with E-state index in [1.165, 1.54) is 0 Å². The third-order valence-electron chi connectivity index (χ3n) is 4.68. The molecule has 3 aromatic rings. The molecule has 1 N–H and O–H groups in total. The highest BCUT2D eigenvalue weighted by molar-refractivity contribution is 5.99. The van der Waals surface area contributed by atoms with Crippen LogP contribution in [0.15, 0.2) is 55.2 Å². The van der Waals surface area contributed by atoms with Crippen molar-refractivity contribution in [3.63, 3.8) is 0 Å². The van der Waals surface area contributed by atoms with Crippen LogP contribution in [0.1, 0.15) is 48.3 Å². The van der Waals surface area contributed by atoms with E-state index < -0.39 is 5.60 Å². The van der Waals surface area contributed by atoms with Gasteiger partial charge in [-0.3, -0.25) is 0 Å². The van der Waals surface area contributed by atoms with E-state index in [4.69, 9.17) is 4.74 Å². The van der Waals surface area contributed by atoms with E-state index in [0.29, 0.717) is 11.4 Å². The number of rotatable bonds is 4. The van der Waals surface area contributed by atoms with Gasteiger partial charge in [-0.25, -0.2) is 14.8 Å². The van der Waals surface area contributed by atoms with Gasteiger partial charge >= 0.3 is 5.97 Å². The summed E-state index contributed by atoms with van der Waals surface area (Å²) >= 11 is 0. The Morgan fingerprint density at radius 1 is 1.23 bits per heavy atom. The molecule has 132 valence electrons. The molecule has 0 fully saturated rings. The Bertz CT molecular complexity index is 964. The summed E-state index contributed by atoms with van der Waals surface area (Å²) in [4.78, 5) is 20.8. The molecular formula is C20H20N4O2. The SMILES string of the molecule is CC(Nc1nccc2c1C(=O)OC2(C)C)c1cccc(-n2ccnc2)c1. The van der Waals surface area contributed by atoms with Crippen LogP contribution in [0.5, 0.6) is 0 Å². The van der Waals surface area contributed by atoms with E-state index in [-0.39, 0.29) is 12.0 Å². The summed E-state index contributed by atoms with van der Waals surface area (Å²) < 4.78 is 7.44. The van der Waals surface area contributed by atoms with Crippen LogP contribution in [0.4, 0.5) is 5.82 Å². The summed E-state index contributed by atoms with van der Waals surface area (Å²) in [7, 11) is 0. The van der Waals surface area contributed by atoms with Gasteiger partial charge in [0.1, 0.15) is 17.0 Å². The van der Waals surface area contributed by atoms with Crippen LogP contribution in [0.3, 0.4) is 0 Å². The van der Waals surface area contributed by atoms with Crippen molar-refractivity contribution in [3.8, 4) is 5.69 Å². The Labute approximate surface area is 151 Å². The molecule has 6 nitrogen and oxygen atoms in total. The molecule has 0 amide bonds. The third kappa shape index (κ3) is 2.73. The van der Waals surface area contributed by atoms with Crippen molar-refractivity contribution in [1.82, 2.24) is 14.5 Å². The number of anilines is 1. The highest BCUT2D eigenvalue weighted by atomic mass is 16.6. The van der Waals surface area contributed by atoms with Crippen molar-refractivity contribution >= 4 is 11.8 Å². The van der Waals surface area contributed by atoms with Crippen LogP contribution in [0, 0.1) is 0 Å². The van der Waals surface area contributed by atoms with Crippen LogP contribution in [0.25, 0.3) is 5.69 Å². The fourth-order valence-corrected chi connectivity index (χ4v) is 3.27. The lowest BCUT2D eigenvalue weighted by Gasteiger charge is -2.19. The zero-order chi connectivity index (χ0) is 18.3. The fourth-order valence-electron chi connectivity index (χ4n) is 3.27. The fraction of sp³-hybridized carbons (Fsp3) is 0.250. The summed E-state index contributed by atoms with van der Waals surface area (Å²) in [6, 6.07) is 9.97. The molecule has 0 saturated carbocycles. The molecule has 2 aromatic heterocycles. The summed E-state index contributed by atoms with van der Waals surface area (Å²) in [5, 5.41) is 3.36. The molecule has 1 aliphatic rings. The van der Waals surface area contributed by atoms with Gasteiger partial charge in [0, 0.05) is 29.8 Å². The Balaban J connectivity index is 1.64. The molecule has 0 bridgehead atoms. The molecular weight excluding hydrogens is 328 g/mol. The molecule has 0 radical (unpaired) electrons. The Morgan fingerprint density at radius 2 is 2.08 bits per heavy atom. The Morgan fingerprint density at radius 3 is 2.85 bits per heavy atom. The first-order valence-electron chi connectivity index (χ1n) is 8.53. The summed E-state index contributed by atoms with van der Waals surface area (Å²) in [5.74, 6) is 0.221. The molecule has 4 rings (SSSR count). The lowest BCUT2D eigenvalue weighted by Crippen LogP contribution is -2.16. The van der Waals surface area contributed by atoms with Crippen LogP contribution >= 0.6 is 0 Å². The maximum absolute atomic E-state index is 12.3. The van der Waals surface area contributed by atoms with Gasteiger partial charge in [-0.05, 0) is 44.5 Å². The minimum Gasteiger partial charge on any atom is -0.451 e. The summed E-state index contributed by atoms with van der Waals surface area (Å²) in [5.41, 5.74) is 2.87. The molecule has 0 aliphatic carbocycles. The van der Waals surface area contributed by atoms with E-state index in [1.807, 2.05) is 55.8 Å². The van der Waals surface area contributed by atoms with Crippen molar-refractivity contribution in [2.24, 2.45) is 0 Å². The Hall–Kier alpha value is -3.15. The molecule has 6 heteroatoms. The minimum absolute atomic E-state index is 0.0333. The number of cyclic esters (lactones) is 1. The highest BCUT2D eigenvalue weighted by Crippen LogP contribution is 2.39.